The van der Waals surface area contributed by atoms with Crippen LogP contribution in [0, 0.1) is 0 Å². The fourth-order valence-corrected chi connectivity index (χ4v) is 7.62. The maximum atomic E-state index is 13.1. The third kappa shape index (κ3) is 6.19. The number of hydrogen-bond acceptors (Lipinski definition) is 8. The van der Waals surface area contributed by atoms with Crippen LogP contribution in [0.3, 0.4) is 0 Å². The number of aromatic nitrogens is 1. The highest BCUT2D eigenvalue weighted by molar-refractivity contribution is 7.89. The topological polar surface area (TPSA) is 164 Å². The van der Waals surface area contributed by atoms with Gasteiger partial charge in [-0.15, -0.1) is 0 Å². The van der Waals surface area contributed by atoms with Gasteiger partial charge >= 0.3 is 0 Å². The monoisotopic (exact) mass is 616 g/mol. The SMILES string of the molecule is CCC(NS(=O)(=O)c1cccc(C2=NC(=O)c3c(-c4cccc(S(=O)(=O)NC(CC)N(C)C)c4)[nH]c(O)c32)c1)N(C)C. The zero-order valence-corrected chi connectivity index (χ0v) is 26.0. The molecule has 0 saturated carbocycles. The van der Waals surface area contributed by atoms with Crippen molar-refractivity contribution in [2.45, 2.75) is 48.8 Å². The number of carbonyl (C=O) groups is 1. The van der Waals surface area contributed by atoms with Gasteiger partial charge < -0.3 is 10.1 Å². The number of benzene rings is 2. The first-order chi connectivity index (χ1) is 19.7. The minimum atomic E-state index is -3.91. The molecule has 1 aromatic heterocycles. The van der Waals surface area contributed by atoms with Gasteiger partial charge in [0.25, 0.3) is 5.91 Å². The summed E-state index contributed by atoms with van der Waals surface area (Å²) in [5.41, 5.74) is 1.15. The van der Waals surface area contributed by atoms with Crippen LogP contribution in [0.15, 0.2) is 63.3 Å². The summed E-state index contributed by atoms with van der Waals surface area (Å²) in [6.45, 7) is 3.73. The number of sulfonamides is 2. The van der Waals surface area contributed by atoms with Crippen molar-refractivity contribution < 1.29 is 26.7 Å². The molecule has 0 bridgehead atoms. The molecule has 14 heteroatoms. The van der Waals surface area contributed by atoms with E-state index < -0.39 is 38.3 Å². The number of nitrogens with zero attached hydrogens (tertiary/aromatic N) is 3. The van der Waals surface area contributed by atoms with E-state index in [0.29, 0.717) is 24.0 Å². The zero-order chi connectivity index (χ0) is 31.0. The second-order valence-electron chi connectivity index (χ2n) is 10.4. The van der Waals surface area contributed by atoms with Crippen molar-refractivity contribution in [1.29, 1.82) is 0 Å². The molecule has 12 nitrogen and oxygen atoms in total. The summed E-state index contributed by atoms with van der Waals surface area (Å²) in [5, 5.41) is 10.9. The lowest BCUT2D eigenvalue weighted by molar-refractivity contribution is 0.101. The number of H-pyrrole nitrogens is 1. The molecule has 226 valence electrons. The van der Waals surface area contributed by atoms with Crippen LogP contribution in [0.1, 0.15) is 48.2 Å². The Morgan fingerprint density at radius 1 is 0.810 bits per heavy atom. The minimum absolute atomic E-state index is 0.0109. The van der Waals surface area contributed by atoms with Crippen LogP contribution in [0.5, 0.6) is 5.88 Å². The minimum Gasteiger partial charge on any atom is -0.494 e. The predicted octanol–water partition coefficient (Wildman–Crippen LogP) is 2.53. The van der Waals surface area contributed by atoms with E-state index in [-0.39, 0.29) is 38.2 Å². The number of aromatic hydroxyl groups is 1. The Morgan fingerprint density at radius 3 is 1.76 bits per heavy atom. The van der Waals surface area contributed by atoms with Gasteiger partial charge in [0.15, 0.2) is 5.88 Å². The molecular weight excluding hydrogens is 580 g/mol. The molecule has 1 aliphatic heterocycles. The van der Waals surface area contributed by atoms with Crippen molar-refractivity contribution in [3.8, 4) is 17.1 Å². The van der Waals surface area contributed by atoms with Gasteiger partial charge in [-0.3, -0.25) is 14.6 Å². The fourth-order valence-electron chi connectivity index (χ4n) is 4.80. The highest BCUT2D eigenvalue weighted by Crippen LogP contribution is 2.38. The molecule has 4 rings (SSSR count). The second-order valence-corrected chi connectivity index (χ2v) is 13.9. The Labute approximate surface area is 246 Å². The lowest BCUT2D eigenvalue weighted by Gasteiger charge is -2.23. The summed E-state index contributed by atoms with van der Waals surface area (Å²) in [7, 11) is -0.727. The standard InChI is InChI=1S/C28H36N6O6S2/c1-7-21(33(3)4)31-41(37,38)19-13-9-11-17(15-19)25-23-24(28(36)29-25)26(30-27(23)35)18-12-10-14-20(16-18)42(39,40)32-22(8-2)34(5)6/h9-16,21-22,29,31-32,36H,7-8H2,1-6H3. The first-order valence-electron chi connectivity index (χ1n) is 13.4. The van der Waals surface area contributed by atoms with E-state index in [2.05, 4.69) is 19.4 Å². The third-order valence-electron chi connectivity index (χ3n) is 7.10. The molecule has 0 fully saturated rings. The molecule has 2 aromatic carbocycles. The number of amides is 1. The zero-order valence-electron chi connectivity index (χ0n) is 24.3. The van der Waals surface area contributed by atoms with Crippen molar-refractivity contribution in [1.82, 2.24) is 24.2 Å². The molecule has 42 heavy (non-hydrogen) atoms. The van der Waals surface area contributed by atoms with Crippen molar-refractivity contribution in [3.05, 3.63) is 65.2 Å². The largest absolute Gasteiger partial charge is 0.494 e. The number of aromatic amines is 1. The smallest absolute Gasteiger partial charge is 0.280 e. The summed E-state index contributed by atoms with van der Waals surface area (Å²) in [4.78, 5) is 23.6. The fraction of sp³-hybridized carbons (Fsp3) is 0.357. The van der Waals surface area contributed by atoms with Crippen molar-refractivity contribution in [2.24, 2.45) is 4.99 Å². The summed E-state index contributed by atoms with van der Waals surface area (Å²) in [5.74, 6) is -0.999. The highest BCUT2D eigenvalue weighted by Gasteiger charge is 2.34. The molecule has 0 spiro atoms. The Morgan fingerprint density at radius 2 is 1.29 bits per heavy atom. The average molecular weight is 617 g/mol. The van der Waals surface area contributed by atoms with Gasteiger partial charge in [0.1, 0.15) is 0 Å². The lowest BCUT2D eigenvalue weighted by Crippen LogP contribution is -2.44. The molecule has 1 aliphatic rings. The summed E-state index contributed by atoms with van der Waals surface area (Å²) in [6, 6.07) is 12.0. The summed E-state index contributed by atoms with van der Waals surface area (Å²) in [6.07, 6.45) is 0.258. The molecule has 0 aliphatic carbocycles. The van der Waals surface area contributed by atoms with Crippen LogP contribution in [0.2, 0.25) is 0 Å². The van der Waals surface area contributed by atoms with Gasteiger partial charge in [-0.2, -0.15) is 9.44 Å². The maximum absolute atomic E-state index is 13.1. The summed E-state index contributed by atoms with van der Waals surface area (Å²) < 4.78 is 57.8. The Hall–Kier alpha value is -3.40. The van der Waals surface area contributed by atoms with E-state index in [1.807, 2.05) is 13.8 Å². The van der Waals surface area contributed by atoms with E-state index in [9.17, 15) is 26.7 Å². The van der Waals surface area contributed by atoms with Crippen molar-refractivity contribution in [2.75, 3.05) is 28.2 Å². The third-order valence-corrected chi connectivity index (χ3v) is 10.0. The van der Waals surface area contributed by atoms with Crippen LogP contribution < -0.4 is 9.44 Å². The summed E-state index contributed by atoms with van der Waals surface area (Å²) >= 11 is 0. The Bertz CT molecular complexity index is 1750. The molecule has 2 atom stereocenters. The molecule has 4 N–H and O–H groups in total. The van der Waals surface area contributed by atoms with Gasteiger partial charge in [-0.1, -0.05) is 38.1 Å². The molecule has 1 amide bonds. The van der Waals surface area contributed by atoms with Crippen LogP contribution in [-0.2, 0) is 20.0 Å². The number of rotatable bonds is 12. The van der Waals surface area contributed by atoms with Crippen LogP contribution in [-0.4, -0.2) is 88.9 Å². The van der Waals surface area contributed by atoms with Gasteiger partial charge in [-0.25, -0.2) is 21.8 Å². The first kappa shape index (κ1) is 31.5. The molecule has 3 aromatic rings. The quantitative estimate of drug-likeness (QED) is 0.226. The van der Waals surface area contributed by atoms with Gasteiger partial charge in [0.05, 0.1) is 44.7 Å². The molecular formula is C28H36N6O6S2. The van der Waals surface area contributed by atoms with Crippen molar-refractivity contribution in [3.63, 3.8) is 0 Å². The van der Waals surface area contributed by atoms with Crippen LogP contribution >= 0.6 is 0 Å². The number of nitrogens with one attached hydrogen (secondary N) is 3. The van der Waals surface area contributed by atoms with E-state index in [4.69, 9.17) is 0 Å². The Balaban J connectivity index is 1.72. The maximum Gasteiger partial charge on any atom is 0.280 e. The molecule has 0 saturated heterocycles. The van der Waals surface area contributed by atoms with Crippen LogP contribution in [0.4, 0.5) is 0 Å². The van der Waals surface area contributed by atoms with Crippen LogP contribution in [0.25, 0.3) is 11.3 Å². The van der Waals surface area contributed by atoms with Gasteiger partial charge in [0.2, 0.25) is 20.0 Å². The van der Waals surface area contributed by atoms with E-state index in [1.165, 1.54) is 30.3 Å². The first-order valence-corrected chi connectivity index (χ1v) is 16.3. The molecule has 2 unspecified atom stereocenters. The van der Waals surface area contributed by atoms with E-state index >= 15 is 0 Å². The normalized spacial score (nSPS) is 15.2. The highest BCUT2D eigenvalue weighted by atomic mass is 32.2. The second kappa shape index (κ2) is 12.1. The molecule has 2 heterocycles. The lowest BCUT2D eigenvalue weighted by atomic mass is 10.0. The van der Waals surface area contributed by atoms with E-state index in [1.54, 1.807) is 56.2 Å². The molecule has 0 radical (unpaired) electrons. The number of carbonyl (C=O) groups excluding carboxylic acids is 1. The van der Waals surface area contributed by atoms with E-state index in [0.717, 1.165) is 0 Å². The number of fused-ring (bicyclic) bond motifs is 1. The van der Waals surface area contributed by atoms with Crippen molar-refractivity contribution >= 4 is 31.7 Å². The van der Waals surface area contributed by atoms with Gasteiger partial charge in [-0.05, 0) is 65.3 Å². The van der Waals surface area contributed by atoms with Gasteiger partial charge in [0, 0.05) is 11.1 Å². The number of aliphatic imine (C=N–C) groups is 1. The average Bonchev–Trinajstić information content (AvgIpc) is 3.48. The predicted molar refractivity (Wildman–Crippen MR) is 160 cm³/mol. The number of hydrogen-bond donors (Lipinski definition) is 4. The Kier molecular flexibility index (Phi) is 9.06.